The highest BCUT2D eigenvalue weighted by Gasteiger charge is 2.61. The van der Waals surface area contributed by atoms with E-state index in [9.17, 15) is 27.6 Å². The molecule has 1 saturated carbocycles. The molecule has 242 valence electrons. The predicted molar refractivity (Wildman–Crippen MR) is 163 cm³/mol. The highest BCUT2D eigenvalue weighted by molar-refractivity contribution is 7.91. The standard InChI is InChI=1S/C30H43N5O8S/c1-29(2,3)32-28(39)43-24-16-9-7-5-6-8-12-20-19-30(20,31-25(36)23-15-11-17-35(23)26(24)37)27(38)34-44(40,41)33-21-13-10-14-22(18-21)42-4/h8,10,12-14,18,20,23-24,33H,5-7,9,11,15-17,19H2,1-4H3,(H,31,36)(H,32,39)(H,34,38)/t20-,23+,24+,30-/m1/s1. The molecule has 14 heteroatoms. The molecular formula is C30H43N5O8S. The van der Waals surface area contributed by atoms with Crippen LogP contribution in [0.15, 0.2) is 36.4 Å². The van der Waals surface area contributed by atoms with Gasteiger partial charge in [0.2, 0.25) is 5.91 Å². The van der Waals surface area contributed by atoms with Crippen molar-refractivity contribution in [3.63, 3.8) is 0 Å². The number of anilines is 1. The van der Waals surface area contributed by atoms with Gasteiger partial charge in [0.25, 0.3) is 11.8 Å². The predicted octanol–water partition coefficient (Wildman–Crippen LogP) is 2.75. The van der Waals surface area contributed by atoms with Gasteiger partial charge in [0.1, 0.15) is 17.3 Å². The summed E-state index contributed by atoms with van der Waals surface area (Å²) in [6.45, 7) is 5.70. The van der Waals surface area contributed by atoms with Gasteiger partial charge >= 0.3 is 16.3 Å². The number of hydrogen-bond donors (Lipinski definition) is 4. The summed E-state index contributed by atoms with van der Waals surface area (Å²) in [5, 5.41) is 5.50. The molecule has 1 aromatic rings. The molecule has 13 nitrogen and oxygen atoms in total. The first kappa shape index (κ1) is 33.1. The lowest BCUT2D eigenvalue weighted by atomic mass is 10.1. The zero-order valence-electron chi connectivity index (χ0n) is 25.7. The van der Waals surface area contributed by atoms with Gasteiger partial charge in [-0.15, -0.1) is 0 Å². The van der Waals surface area contributed by atoms with E-state index in [0.29, 0.717) is 44.4 Å². The number of rotatable bonds is 6. The number of amides is 4. The fraction of sp³-hybridized carbons (Fsp3) is 0.600. The van der Waals surface area contributed by atoms with Crippen molar-refractivity contribution in [3.8, 4) is 5.75 Å². The Morgan fingerprint density at radius 3 is 2.59 bits per heavy atom. The minimum Gasteiger partial charge on any atom is -0.497 e. The van der Waals surface area contributed by atoms with E-state index in [1.54, 1.807) is 32.9 Å². The number of nitrogens with zero attached hydrogens (tertiary/aromatic N) is 1. The molecule has 0 aromatic heterocycles. The first-order valence-electron chi connectivity index (χ1n) is 15.0. The molecule has 4 atom stereocenters. The fourth-order valence-corrected chi connectivity index (χ4v) is 6.49. The first-order valence-corrected chi connectivity index (χ1v) is 16.5. The van der Waals surface area contributed by atoms with E-state index < -0.39 is 63.2 Å². The van der Waals surface area contributed by atoms with Crippen LogP contribution in [0.25, 0.3) is 0 Å². The monoisotopic (exact) mass is 633 g/mol. The van der Waals surface area contributed by atoms with Crippen LogP contribution in [0.4, 0.5) is 10.5 Å². The highest BCUT2D eigenvalue weighted by atomic mass is 32.2. The van der Waals surface area contributed by atoms with Gasteiger partial charge in [0.05, 0.1) is 12.8 Å². The molecule has 1 aliphatic carbocycles. The lowest BCUT2D eigenvalue weighted by molar-refractivity contribution is -0.146. The first-order chi connectivity index (χ1) is 20.7. The van der Waals surface area contributed by atoms with Crippen molar-refractivity contribution in [2.45, 2.75) is 95.4 Å². The summed E-state index contributed by atoms with van der Waals surface area (Å²) in [5.74, 6) is -1.90. The average molecular weight is 634 g/mol. The molecule has 0 bridgehead atoms. The SMILES string of the molecule is COc1cccc(NS(=O)(=O)NC(=O)[C@@]23C[C@H]2C=CCCCCC[C@H](OC(=O)NC(C)(C)C)C(=O)N2CCC[C@H]2C(=O)N3)c1. The summed E-state index contributed by atoms with van der Waals surface area (Å²) >= 11 is 0. The summed E-state index contributed by atoms with van der Waals surface area (Å²) in [4.78, 5) is 54.9. The van der Waals surface area contributed by atoms with E-state index in [0.717, 1.165) is 12.8 Å². The van der Waals surface area contributed by atoms with Crippen molar-refractivity contribution in [2.24, 2.45) is 5.92 Å². The van der Waals surface area contributed by atoms with E-state index in [4.69, 9.17) is 9.47 Å². The Balaban J connectivity index is 1.53. The summed E-state index contributed by atoms with van der Waals surface area (Å²) in [5.41, 5.74) is -1.88. The molecule has 0 radical (unpaired) electrons. The van der Waals surface area contributed by atoms with Crippen LogP contribution in [0.3, 0.4) is 0 Å². The largest absolute Gasteiger partial charge is 0.497 e. The van der Waals surface area contributed by atoms with E-state index in [1.807, 2.05) is 12.2 Å². The third-order valence-corrected chi connectivity index (χ3v) is 8.82. The van der Waals surface area contributed by atoms with Gasteiger partial charge in [0.15, 0.2) is 6.10 Å². The average Bonchev–Trinajstić information content (AvgIpc) is 3.39. The highest BCUT2D eigenvalue weighted by Crippen LogP contribution is 2.45. The van der Waals surface area contributed by atoms with E-state index in [-0.39, 0.29) is 12.1 Å². The van der Waals surface area contributed by atoms with Crippen molar-refractivity contribution in [1.29, 1.82) is 0 Å². The third-order valence-electron chi connectivity index (χ3n) is 7.86. The van der Waals surface area contributed by atoms with Crippen LogP contribution in [0.1, 0.15) is 72.1 Å². The maximum Gasteiger partial charge on any atom is 0.408 e. The molecule has 0 unspecified atom stereocenters. The van der Waals surface area contributed by atoms with Crippen LogP contribution in [-0.2, 0) is 29.3 Å². The number of ether oxygens (including phenoxy) is 2. The summed E-state index contributed by atoms with van der Waals surface area (Å²) in [6, 6.07) is 5.32. The number of hydrogen-bond acceptors (Lipinski definition) is 8. The van der Waals surface area contributed by atoms with E-state index >= 15 is 0 Å². The second kappa shape index (κ2) is 13.4. The van der Waals surface area contributed by atoms with Crippen LogP contribution < -0.4 is 24.8 Å². The molecule has 0 spiro atoms. The zero-order valence-corrected chi connectivity index (χ0v) is 26.5. The van der Waals surface area contributed by atoms with Crippen LogP contribution in [0.5, 0.6) is 5.75 Å². The Kier molecular flexibility index (Phi) is 10.1. The molecule has 1 saturated heterocycles. The number of fused-ring (bicyclic) bond motifs is 2. The van der Waals surface area contributed by atoms with Crippen LogP contribution in [0, 0.1) is 5.92 Å². The molecule has 2 heterocycles. The number of benzene rings is 1. The number of carbonyl (C=O) groups excluding carboxylic acids is 4. The molecule has 44 heavy (non-hydrogen) atoms. The number of nitrogens with one attached hydrogen (secondary N) is 4. The topological polar surface area (TPSA) is 172 Å². The Bertz CT molecular complexity index is 1390. The molecule has 4 rings (SSSR count). The molecule has 3 aliphatic rings. The summed E-state index contributed by atoms with van der Waals surface area (Å²) < 4.78 is 40.9. The van der Waals surface area contributed by atoms with Gasteiger partial charge in [-0.05, 0) is 77.8 Å². The van der Waals surface area contributed by atoms with Gasteiger partial charge in [-0.3, -0.25) is 19.1 Å². The number of alkyl carbamates (subject to hydrolysis) is 1. The quantitative estimate of drug-likeness (QED) is 0.346. The maximum absolute atomic E-state index is 13.7. The summed E-state index contributed by atoms with van der Waals surface area (Å²) in [6.07, 6.45) is 6.32. The minimum absolute atomic E-state index is 0.188. The Hall–Kier alpha value is -3.81. The van der Waals surface area contributed by atoms with Crippen molar-refractivity contribution < 1.29 is 37.1 Å². The third kappa shape index (κ3) is 8.42. The van der Waals surface area contributed by atoms with Crippen molar-refractivity contribution in [1.82, 2.24) is 20.3 Å². The van der Waals surface area contributed by atoms with Gasteiger partial charge in [-0.1, -0.05) is 24.6 Å². The van der Waals surface area contributed by atoms with Crippen LogP contribution in [0.2, 0.25) is 0 Å². The second-order valence-electron chi connectivity index (χ2n) is 12.6. The lowest BCUT2D eigenvalue weighted by Crippen LogP contribution is -2.57. The van der Waals surface area contributed by atoms with E-state index in [1.165, 1.54) is 24.1 Å². The maximum atomic E-state index is 13.7. The number of carbonyl (C=O) groups is 4. The van der Waals surface area contributed by atoms with Gasteiger partial charge in [0, 0.05) is 24.1 Å². The lowest BCUT2D eigenvalue weighted by Gasteiger charge is -2.30. The Morgan fingerprint density at radius 2 is 1.86 bits per heavy atom. The molecule has 1 aromatic carbocycles. The normalized spacial score (nSPS) is 26.2. The van der Waals surface area contributed by atoms with Crippen molar-refractivity contribution >= 4 is 39.7 Å². The zero-order chi connectivity index (χ0) is 32.1. The molecule has 2 fully saturated rings. The fourth-order valence-electron chi connectivity index (χ4n) is 5.58. The van der Waals surface area contributed by atoms with Gasteiger partial charge < -0.3 is 25.0 Å². The molecule has 4 amide bonds. The van der Waals surface area contributed by atoms with E-state index in [2.05, 4.69) is 20.1 Å². The van der Waals surface area contributed by atoms with Gasteiger partial charge in [-0.25, -0.2) is 9.52 Å². The summed E-state index contributed by atoms with van der Waals surface area (Å²) in [7, 11) is -2.91. The van der Waals surface area contributed by atoms with Crippen molar-refractivity contribution in [2.75, 3.05) is 18.4 Å². The minimum atomic E-state index is -4.36. The Labute approximate surface area is 258 Å². The molecule has 2 aliphatic heterocycles. The van der Waals surface area contributed by atoms with Crippen LogP contribution in [-0.4, -0.2) is 74.0 Å². The van der Waals surface area contributed by atoms with Gasteiger partial charge in [-0.2, -0.15) is 8.42 Å². The molecular weight excluding hydrogens is 590 g/mol. The number of allylic oxidation sites excluding steroid dienone is 1. The Morgan fingerprint density at radius 1 is 1.09 bits per heavy atom. The smallest absolute Gasteiger partial charge is 0.408 e. The second-order valence-corrected chi connectivity index (χ2v) is 14.0. The van der Waals surface area contributed by atoms with Crippen molar-refractivity contribution in [3.05, 3.63) is 36.4 Å². The van der Waals surface area contributed by atoms with Crippen LogP contribution >= 0.6 is 0 Å². The molecule has 4 N–H and O–H groups in total. The number of methoxy groups -OCH3 is 1.